The van der Waals surface area contributed by atoms with Gasteiger partial charge >= 0.3 is 0 Å². The molecule has 1 atom stereocenters. The van der Waals surface area contributed by atoms with Gasteiger partial charge in [-0.1, -0.05) is 19.9 Å². The smallest absolute Gasteiger partial charge is 0.254 e. The summed E-state index contributed by atoms with van der Waals surface area (Å²) >= 11 is 0. The first-order valence-corrected chi connectivity index (χ1v) is 6.14. The molecule has 0 saturated heterocycles. The molecule has 0 aliphatic heterocycles. The molecular formula is C13H21N3O2. The van der Waals surface area contributed by atoms with Gasteiger partial charge in [-0.05, 0) is 18.9 Å². The highest BCUT2D eigenvalue weighted by atomic mass is 16.2. The predicted molar refractivity (Wildman–Crippen MR) is 71.4 cm³/mol. The number of amides is 1. The van der Waals surface area contributed by atoms with E-state index in [4.69, 9.17) is 5.73 Å². The Morgan fingerprint density at radius 1 is 1.50 bits per heavy atom. The highest BCUT2D eigenvalue weighted by Crippen LogP contribution is 2.16. The van der Waals surface area contributed by atoms with E-state index in [1.807, 2.05) is 13.8 Å². The summed E-state index contributed by atoms with van der Waals surface area (Å²) in [4.78, 5) is 24.1. The Bertz CT molecular complexity index is 466. The standard InChI is InChI=1S/C13H21N3O2/c1-9(2)11(12(17)15-7-6-14)16-8-4-5-10(3)13(16)18/h4-5,8-9,11H,6-7,14H2,1-3H3,(H,15,17). The zero-order chi connectivity index (χ0) is 13.7. The lowest BCUT2D eigenvalue weighted by molar-refractivity contribution is -0.125. The molecule has 0 aliphatic carbocycles. The van der Waals surface area contributed by atoms with Crippen LogP contribution in [-0.4, -0.2) is 23.6 Å². The minimum Gasteiger partial charge on any atom is -0.353 e. The van der Waals surface area contributed by atoms with Gasteiger partial charge < -0.3 is 15.6 Å². The van der Waals surface area contributed by atoms with Crippen molar-refractivity contribution in [2.75, 3.05) is 13.1 Å². The van der Waals surface area contributed by atoms with E-state index in [1.54, 1.807) is 25.3 Å². The molecule has 0 saturated carbocycles. The summed E-state index contributed by atoms with van der Waals surface area (Å²) in [6.45, 7) is 6.39. The first-order valence-electron chi connectivity index (χ1n) is 6.14. The largest absolute Gasteiger partial charge is 0.353 e. The van der Waals surface area contributed by atoms with E-state index in [0.29, 0.717) is 18.7 Å². The average Bonchev–Trinajstić information content (AvgIpc) is 2.32. The number of rotatable bonds is 5. The third kappa shape index (κ3) is 3.20. The van der Waals surface area contributed by atoms with Crippen LogP contribution in [0, 0.1) is 12.8 Å². The Morgan fingerprint density at radius 3 is 2.72 bits per heavy atom. The van der Waals surface area contributed by atoms with Crippen molar-refractivity contribution in [1.29, 1.82) is 0 Å². The van der Waals surface area contributed by atoms with Crippen molar-refractivity contribution in [2.45, 2.75) is 26.8 Å². The van der Waals surface area contributed by atoms with Crippen molar-refractivity contribution in [2.24, 2.45) is 11.7 Å². The van der Waals surface area contributed by atoms with Gasteiger partial charge in [0.1, 0.15) is 6.04 Å². The minimum atomic E-state index is -0.496. The van der Waals surface area contributed by atoms with Gasteiger partial charge in [0.15, 0.2) is 0 Å². The molecule has 0 aliphatic rings. The molecule has 18 heavy (non-hydrogen) atoms. The van der Waals surface area contributed by atoms with Gasteiger partial charge in [0, 0.05) is 24.8 Å². The number of nitrogens with two attached hydrogens (primary N) is 1. The van der Waals surface area contributed by atoms with Gasteiger partial charge in [0.05, 0.1) is 0 Å². The topological polar surface area (TPSA) is 77.1 Å². The monoisotopic (exact) mass is 251 g/mol. The van der Waals surface area contributed by atoms with Crippen LogP contribution in [0.15, 0.2) is 23.1 Å². The summed E-state index contributed by atoms with van der Waals surface area (Å²) in [6, 6.07) is 3.03. The first kappa shape index (κ1) is 14.4. The van der Waals surface area contributed by atoms with Crippen molar-refractivity contribution >= 4 is 5.91 Å². The number of aromatic nitrogens is 1. The van der Waals surface area contributed by atoms with E-state index in [-0.39, 0.29) is 17.4 Å². The lowest BCUT2D eigenvalue weighted by Crippen LogP contribution is -2.41. The zero-order valence-electron chi connectivity index (χ0n) is 11.1. The summed E-state index contributed by atoms with van der Waals surface area (Å²) in [6.07, 6.45) is 1.65. The van der Waals surface area contributed by atoms with Crippen LogP contribution < -0.4 is 16.6 Å². The number of carbonyl (C=O) groups is 1. The van der Waals surface area contributed by atoms with Gasteiger partial charge in [0.2, 0.25) is 5.91 Å². The lowest BCUT2D eigenvalue weighted by atomic mass is 10.0. The second kappa shape index (κ2) is 6.35. The molecule has 100 valence electrons. The fourth-order valence-electron chi connectivity index (χ4n) is 1.89. The molecule has 1 aromatic heterocycles. The summed E-state index contributed by atoms with van der Waals surface area (Å²) in [7, 11) is 0. The molecule has 5 heteroatoms. The molecule has 0 radical (unpaired) electrons. The number of carbonyl (C=O) groups excluding carboxylic acids is 1. The number of pyridine rings is 1. The molecule has 1 rings (SSSR count). The maximum atomic E-state index is 12.1. The Labute approximate surface area is 107 Å². The fraction of sp³-hybridized carbons (Fsp3) is 0.538. The van der Waals surface area contributed by atoms with E-state index in [0.717, 1.165) is 0 Å². The summed E-state index contributed by atoms with van der Waals surface area (Å²) in [5.41, 5.74) is 5.87. The van der Waals surface area contributed by atoms with Crippen molar-refractivity contribution < 1.29 is 4.79 Å². The molecule has 0 fully saturated rings. The molecule has 3 N–H and O–H groups in total. The second-order valence-electron chi connectivity index (χ2n) is 4.67. The zero-order valence-corrected chi connectivity index (χ0v) is 11.1. The van der Waals surface area contributed by atoms with Crippen molar-refractivity contribution in [3.05, 3.63) is 34.2 Å². The van der Waals surface area contributed by atoms with Crippen LogP contribution in [0.2, 0.25) is 0 Å². The quantitative estimate of drug-likeness (QED) is 0.796. The highest BCUT2D eigenvalue weighted by Gasteiger charge is 2.24. The van der Waals surface area contributed by atoms with E-state index in [2.05, 4.69) is 5.32 Å². The normalized spacial score (nSPS) is 12.5. The molecule has 0 bridgehead atoms. The van der Waals surface area contributed by atoms with Crippen molar-refractivity contribution in [3.63, 3.8) is 0 Å². The number of nitrogens with one attached hydrogen (secondary N) is 1. The van der Waals surface area contributed by atoms with Gasteiger partial charge in [0.25, 0.3) is 5.56 Å². The number of hydrogen-bond donors (Lipinski definition) is 2. The Hall–Kier alpha value is -1.62. The summed E-state index contributed by atoms with van der Waals surface area (Å²) in [5.74, 6) is -0.134. The van der Waals surface area contributed by atoms with Crippen LogP contribution >= 0.6 is 0 Å². The molecule has 0 aromatic carbocycles. The maximum absolute atomic E-state index is 12.1. The van der Waals surface area contributed by atoms with Crippen molar-refractivity contribution in [3.8, 4) is 0 Å². The number of aryl methyl sites for hydroxylation is 1. The summed E-state index contributed by atoms with van der Waals surface area (Å²) < 4.78 is 1.49. The van der Waals surface area contributed by atoms with E-state index >= 15 is 0 Å². The highest BCUT2D eigenvalue weighted by molar-refractivity contribution is 5.80. The number of nitrogens with zero attached hydrogens (tertiary/aromatic N) is 1. The van der Waals surface area contributed by atoms with Crippen LogP contribution in [-0.2, 0) is 4.79 Å². The van der Waals surface area contributed by atoms with Crippen molar-refractivity contribution in [1.82, 2.24) is 9.88 Å². The lowest BCUT2D eigenvalue weighted by Gasteiger charge is -2.22. The van der Waals surface area contributed by atoms with Gasteiger partial charge in [-0.3, -0.25) is 9.59 Å². The molecule has 0 spiro atoms. The predicted octanol–water partition coefficient (Wildman–Crippen LogP) is 0.429. The second-order valence-corrected chi connectivity index (χ2v) is 4.67. The van der Waals surface area contributed by atoms with Crippen LogP contribution in [0.4, 0.5) is 0 Å². The van der Waals surface area contributed by atoms with Gasteiger partial charge in [-0.15, -0.1) is 0 Å². The average molecular weight is 251 g/mol. The van der Waals surface area contributed by atoms with E-state index in [1.165, 1.54) is 4.57 Å². The van der Waals surface area contributed by atoms with E-state index < -0.39 is 6.04 Å². The third-order valence-corrected chi connectivity index (χ3v) is 2.81. The number of hydrogen-bond acceptors (Lipinski definition) is 3. The van der Waals surface area contributed by atoms with Crippen LogP contribution in [0.5, 0.6) is 0 Å². The molecule has 1 heterocycles. The maximum Gasteiger partial charge on any atom is 0.254 e. The Morgan fingerprint density at radius 2 is 2.17 bits per heavy atom. The third-order valence-electron chi connectivity index (χ3n) is 2.81. The summed E-state index contributed by atoms with van der Waals surface area (Å²) in [5, 5.41) is 2.74. The fourth-order valence-corrected chi connectivity index (χ4v) is 1.89. The van der Waals surface area contributed by atoms with Crippen LogP contribution in [0.25, 0.3) is 0 Å². The Balaban J connectivity index is 3.09. The van der Waals surface area contributed by atoms with Crippen LogP contribution in [0.3, 0.4) is 0 Å². The molecule has 1 amide bonds. The van der Waals surface area contributed by atoms with Gasteiger partial charge in [-0.2, -0.15) is 0 Å². The SMILES string of the molecule is Cc1cccn(C(C(=O)NCCN)C(C)C)c1=O. The molecule has 5 nitrogen and oxygen atoms in total. The molecule has 1 unspecified atom stereocenters. The first-order chi connectivity index (χ1) is 8.49. The van der Waals surface area contributed by atoms with Crippen LogP contribution in [0.1, 0.15) is 25.5 Å². The minimum absolute atomic E-state index is 0.0299. The van der Waals surface area contributed by atoms with Gasteiger partial charge in [-0.25, -0.2) is 0 Å². The Kier molecular flexibility index (Phi) is 5.09. The molecular weight excluding hydrogens is 230 g/mol. The van der Waals surface area contributed by atoms with E-state index in [9.17, 15) is 9.59 Å². The molecule has 1 aromatic rings.